The lowest BCUT2D eigenvalue weighted by Crippen LogP contribution is -2.43. The maximum atomic E-state index is 13.4. The summed E-state index contributed by atoms with van der Waals surface area (Å²) in [5.41, 5.74) is 0.945. The molecule has 9 heteroatoms. The minimum Gasteiger partial charge on any atom is -0.497 e. The van der Waals surface area contributed by atoms with Gasteiger partial charge < -0.3 is 14.8 Å². The Bertz CT molecular complexity index is 1240. The summed E-state index contributed by atoms with van der Waals surface area (Å²) in [6, 6.07) is 13.8. The van der Waals surface area contributed by atoms with Crippen molar-refractivity contribution in [2.24, 2.45) is 5.92 Å². The fourth-order valence-corrected chi connectivity index (χ4v) is 5.62. The smallest absolute Gasteiger partial charge is 0.245 e. The monoisotopic (exact) mass is 455 g/mol. The van der Waals surface area contributed by atoms with Gasteiger partial charge in [0, 0.05) is 30.7 Å². The molecule has 1 saturated heterocycles. The number of piperidine rings is 1. The van der Waals surface area contributed by atoms with E-state index in [-0.39, 0.29) is 17.3 Å². The highest BCUT2D eigenvalue weighted by Gasteiger charge is 2.34. The second-order valence-electron chi connectivity index (χ2n) is 7.59. The lowest BCUT2D eigenvalue weighted by atomic mass is 9.98. The molecular weight excluding hydrogens is 430 g/mol. The molecule has 0 radical (unpaired) electrons. The van der Waals surface area contributed by atoms with E-state index in [1.165, 1.54) is 11.4 Å². The zero-order valence-electron chi connectivity index (χ0n) is 17.9. The van der Waals surface area contributed by atoms with Crippen LogP contribution in [0, 0.1) is 5.92 Å². The first-order chi connectivity index (χ1) is 15.4. The number of para-hydroxylation sites is 1. The van der Waals surface area contributed by atoms with Gasteiger partial charge in [0.25, 0.3) is 0 Å². The highest BCUT2D eigenvalue weighted by atomic mass is 32.2. The first kappa shape index (κ1) is 22.0. The second kappa shape index (κ2) is 9.13. The number of anilines is 1. The minimum absolute atomic E-state index is 0.107. The zero-order valence-corrected chi connectivity index (χ0v) is 18.8. The zero-order chi connectivity index (χ0) is 22.7. The molecule has 32 heavy (non-hydrogen) atoms. The Labute approximate surface area is 187 Å². The number of fused-ring (bicyclic) bond motifs is 1. The number of ether oxygens (including phenoxy) is 2. The van der Waals surface area contributed by atoms with Crippen LogP contribution in [0.1, 0.15) is 12.8 Å². The van der Waals surface area contributed by atoms with E-state index in [4.69, 9.17) is 9.47 Å². The molecule has 8 nitrogen and oxygen atoms in total. The van der Waals surface area contributed by atoms with E-state index in [0.29, 0.717) is 42.1 Å². The summed E-state index contributed by atoms with van der Waals surface area (Å²) in [4.78, 5) is 17.4. The van der Waals surface area contributed by atoms with Crippen molar-refractivity contribution in [2.45, 2.75) is 17.7 Å². The van der Waals surface area contributed by atoms with Gasteiger partial charge in [-0.05, 0) is 37.1 Å². The first-order valence-electron chi connectivity index (χ1n) is 10.3. The van der Waals surface area contributed by atoms with E-state index in [0.717, 1.165) is 5.39 Å². The number of methoxy groups -OCH3 is 2. The molecule has 2 heterocycles. The fraction of sp³-hybridized carbons (Fsp3) is 0.304. The Morgan fingerprint density at radius 3 is 2.72 bits per heavy atom. The number of amides is 1. The van der Waals surface area contributed by atoms with E-state index in [1.54, 1.807) is 49.7 Å². The van der Waals surface area contributed by atoms with Crippen LogP contribution in [-0.2, 0) is 14.8 Å². The summed E-state index contributed by atoms with van der Waals surface area (Å²) < 4.78 is 38.8. The third-order valence-corrected chi connectivity index (χ3v) is 7.53. The maximum absolute atomic E-state index is 13.4. The lowest BCUT2D eigenvalue weighted by Gasteiger charge is -2.31. The van der Waals surface area contributed by atoms with E-state index < -0.39 is 15.9 Å². The summed E-state index contributed by atoms with van der Waals surface area (Å²) in [6.45, 7) is 0.469. The first-order valence-corrected chi connectivity index (χ1v) is 11.7. The molecular formula is C23H25N3O5S. The molecule has 1 aliphatic rings. The number of hydrogen-bond donors (Lipinski definition) is 1. The third-order valence-electron chi connectivity index (χ3n) is 5.63. The molecule has 0 spiro atoms. The van der Waals surface area contributed by atoms with Crippen LogP contribution < -0.4 is 14.8 Å². The quantitative estimate of drug-likeness (QED) is 0.613. The Balaban J connectivity index is 1.55. The number of rotatable bonds is 6. The number of benzene rings is 2. The van der Waals surface area contributed by atoms with Gasteiger partial charge in [0.15, 0.2) is 0 Å². The van der Waals surface area contributed by atoms with Gasteiger partial charge in [-0.1, -0.05) is 18.2 Å². The average Bonchev–Trinajstić information content (AvgIpc) is 2.83. The molecule has 0 aliphatic carbocycles. The maximum Gasteiger partial charge on any atom is 0.245 e. The van der Waals surface area contributed by atoms with Gasteiger partial charge in [-0.3, -0.25) is 9.78 Å². The van der Waals surface area contributed by atoms with Crippen LogP contribution in [0.15, 0.2) is 59.6 Å². The Kier molecular flexibility index (Phi) is 6.29. The van der Waals surface area contributed by atoms with Gasteiger partial charge in [-0.15, -0.1) is 0 Å². The number of aromatic nitrogens is 1. The standard InChI is InChI=1S/C23H25N3O5S/c1-30-18-10-11-19(20(14-18)31-2)25-23(27)17-8-5-13-26(15-17)32(28,29)21-9-3-6-16-7-4-12-24-22(16)21/h3-4,6-7,9-12,14,17H,5,8,13,15H2,1-2H3,(H,25,27)/t17-/m0/s1. The Morgan fingerprint density at radius 2 is 1.94 bits per heavy atom. The summed E-state index contributed by atoms with van der Waals surface area (Å²) >= 11 is 0. The number of sulfonamides is 1. The van der Waals surface area contributed by atoms with Crippen LogP contribution in [0.5, 0.6) is 11.5 Å². The van der Waals surface area contributed by atoms with E-state index in [1.807, 2.05) is 12.1 Å². The van der Waals surface area contributed by atoms with Crippen molar-refractivity contribution < 1.29 is 22.7 Å². The summed E-state index contributed by atoms with van der Waals surface area (Å²) in [7, 11) is -0.738. The van der Waals surface area contributed by atoms with Crippen LogP contribution in [-0.4, -0.2) is 50.9 Å². The van der Waals surface area contributed by atoms with Crippen LogP contribution in [0.2, 0.25) is 0 Å². The molecule has 0 unspecified atom stereocenters. The second-order valence-corrected chi connectivity index (χ2v) is 9.50. The van der Waals surface area contributed by atoms with Crippen LogP contribution in [0.4, 0.5) is 5.69 Å². The summed E-state index contributed by atoms with van der Waals surface area (Å²) in [6.07, 6.45) is 2.77. The van der Waals surface area contributed by atoms with Crippen molar-refractivity contribution >= 4 is 32.5 Å². The molecule has 1 amide bonds. The van der Waals surface area contributed by atoms with Crippen molar-refractivity contribution in [3.05, 3.63) is 54.7 Å². The van der Waals surface area contributed by atoms with Gasteiger partial charge in [0.2, 0.25) is 15.9 Å². The van der Waals surface area contributed by atoms with E-state index >= 15 is 0 Å². The van der Waals surface area contributed by atoms with Gasteiger partial charge in [0.05, 0.1) is 31.3 Å². The predicted molar refractivity (Wildman–Crippen MR) is 121 cm³/mol. The number of carbonyl (C=O) groups excluding carboxylic acids is 1. The number of nitrogens with zero attached hydrogens (tertiary/aromatic N) is 2. The Hall–Kier alpha value is -3.17. The molecule has 1 atom stereocenters. The summed E-state index contributed by atoms with van der Waals surface area (Å²) in [5, 5.41) is 3.63. The lowest BCUT2D eigenvalue weighted by molar-refractivity contribution is -0.120. The number of pyridine rings is 1. The van der Waals surface area contributed by atoms with Crippen molar-refractivity contribution in [3.8, 4) is 11.5 Å². The summed E-state index contributed by atoms with van der Waals surface area (Å²) in [5.74, 6) is 0.357. The number of carbonyl (C=O) groups is 1. The molecule has 0 bridgehead atoms. The topological polar surface area (TPSA) is 97.8 Å². The molecule has 4 rings (SSSR count). The van der Waals surface area contributed by atoms with Crippen LogP contribution in [0.25, 0.3) is 10.9 Å². The van der Waals surface area contributed by atoms with Gasteiger partial charge in [-0.2, -0.15) is 4.31 Å². The minimum atomic E-state index is -3.80. The fourth-order valence-electron chi connectivity index (χ4n) is 3.93. The van der Waals surface area contributed by atoms with Crippen LogP contribution in [0.3, 0.4) is 0 Å². The molecule has 1 N–H and O–H groups in total. The highest BCUT2D eigenvalue weighted by molar-refractivity contribution is 7.89. The molecule has 3 aromatic rings. The van der Waals surface area contributed by atoms with Crippen molar-refractivity contribution in [1.82, 2.24) is 9.29 Å². The largest absolute Gasteiger partial charge is 0.497 e. The highest BCUT2D eigenvalue weighted by Crippen LogP contribution is 2.31. The van der Waals surface area contributed by atoms with Crippen molar-refractivity contribution in [1.29, 1.82) is 0 Å². The van der Waals surface area contributed by atoms with Crippen LogP contribution >= 0.6 is 0 Å². The van der Waals surface area contributed by atoms with Crippen molar-refractivity contribution in [2.75, 3.05) is 32.6 Å². The molecule has 2 aromatic carbocycles. The van der Waals surface area contributed by atoms with Gasteiger partial charge in [-0.25, -0.2) is 8.42 Å². The van der Waals surface area contributed by atoms with E-state index in [2.05, 4.69) is 10.3 Å². The normalized spacial score (nSPS) is 17.1. The van der Waals surface area contributed by atoms with E-state index in [9.17, 15) is 13.2 Å². The molecule has 1 aliphatic heterocycles. The SMILES string of the molecule is COc1ccc(NC(=O)[C@H]2CCCN(S(=O)(=O)c3cccc4cccnc34)C2)c(OC)c1. The molecule has 1 fully saturated rings. The Morgan fingerprint density at radius 1 is 1.12 bits per heavy atom. The van der Waals surface area contributed by atoms with Gasteiger partial charge >= 0.3 is 0 Å². The van der Waals surface area contributed by atoms with Gasteiger partial charge in [0.1, 0.15) is 16.4 Å². The third kappa shape index (κ3) is 4.26. The molecule has 1 aromatic heterocycles. The van der Waals surface area contributed by atoms with Crippen molar-refractivity contribution in [3.63, 3.8) is 0 Å². The molecule has 168 valence electrons. The predicted octanol–water partition coefficient (Wildman–Crippen LogP) is 3.29. The number of nitrogens with one attached hydrogen (secondary N) is 1. The number of hydrogen-bond acceptors (Lipinski definition) is 6. The molecule has 0 saturated carbocycles. The average molecular weight is 456 g/mol.